The molecule has 0 heterocycles. The van der Waals surface area contributed by atoms with Gasteiger partial charge in [-0.15, -0.1) is 0 Å². The molecular formula is C20H36. The average molecular weight is 277 g/mol. The maximum Gasteiger partial charge on any atom is -0.0242 e. The molecule has 0 spiro atoms. The Labute approximate surface area is 128 Å². The predicted molar refractivity (Wildman–Crippen MR) is 93.2 cm³/mol. The first-order chi connectivity index (χ1) is 9.59. The molecule has 2 unspecified atom stereocenters. The van der Waals surface area contributed by atoms with Crippen LogP contribution in [0.4, 0.5) is 0 Å². The normalized spacial score (nSPS) is 20.5. The molecule has 0 heteroatoms. The molecule has 0 N–H and O–H groups in total. The summed E-state index contributed by atoms with van der Waals surface area (Å²) in [4.78, 5) is 0. The second-order valence-corrected chi connectivity index (χ2v) is 5.99. The van der Waals surface area contributed by atoms with E-state index in [1.54, 1.807) is 11.1 Å². The van der Waals surface area contributed by atoms with Gasteiger partial charge in [0.25, 0.3) is 0 Å². The van der Waals surface area contributed by atoms with Crippen molar-refractivity contribution in [2.24, 2.45) is 23.7 Å². The lowest BCUT2D eigenvalue weighted by Gasteiger charge is -2.38. The van der Waals surface area contributed by atoms with Gasteiger partial charge in [-0.05, 0) is 47.6 Å². The maximum atomic E-state index is 2.38. The summed E-state index contributed by atoms with van der Waals surface area (Å²) in [6, 6.07) is 9.01. The number of fused-ring (bicyclic) bond motifs is 1. The molecule has 0 amide bonds. The fraction of sp³-hybridized carbons (Fsp3) is 0.700. The number of hydrogen-bond acceptors (Lipinski definition) is 0. The molecule has 2 atom stereocenters. The minimum Gasteiger partial charge on any atom is -0.0683 e. The van der Waals surface area contributed by atoms with E-state index in [4.69, 9.17) is 0 Å². The summed E-state index contributed by atoms with van der Waals surface area (Å²) in [6.07, 6.45) is 2.58. The van der Waals surface area contributed by atoms with Crippen LogP contribution in [0.1, 0.15) is 66.5 Å². The Hall–Kier alpha value is -0.780. The van der Waals surface area contributed by atoms with Crippen LogP contribution < -0.4 is 0 Å². The average Bonchev–Trinajstić information content (AvgIpc) is 2.49. The monoisotopic (exact) mass is 276 g/mol. The van der Waals surface area contributed by atoms with Crippen LogP contribution in [-0.2, 0) is 12.8 Å². The molecule has 2 rings (SSSR count). The molecule has 116 valence electrons. The van der Waals surface area contributed by atoms with Gasteiger partial charge < -0.3 is 0 Å². The van der Waals surface area contributed by atoms with Crippen LogP contribution in [0, 0.1) is 23.7 Å². The Morgan fingerprint density at radius 3 is 1.25 bits per heavy atom. The molecule has 0 bridgehead atoms. The van der Waals surface area contributed by atoms with Crippen molar-refractivity contribution in [1.29, 1.82) is 0 Å². The summed E-state index contributed by atoms with van der Waals surface area (Å²) in [6.45, 7) is 17.5. The summed E-state index contributed by atoms with van der Waals surface area (Å²) in [5, 5.41) is 0. The fourth-order valence-electron chi connectivity index (χ4n) is 3.23. The van der Waals surface area contributed by atoms with Crippen LogP contribution in [0.5, 0.6) is 0 Å². The Morgan fingerprint density at radius 1 is 0.700 bits per heavy atom. The summed E-state index contributed by atoms with van der Waals surface area (Å²) in [5.74, 6) is 3.35. The molecule has 1 aromatic rings. The van der Waals surface area contributed by atoms with Gasteiger partial charge in [-0.1, -0.05) is 79.7 Å². The third kappa shape index (κ3) is 4.96. The first-order valence-electron chi connectivity index (χ1n) is 8.66. The van der Waals surface area contributed by atoms with Crippen molar-refractivity contribution in [3.05, 3.63) is 35.4 Å². The molecule has 0 saturated carbocycles. The van der Waals surface area contributed by atoms with Crippen molar-refractivity contribution in [3.8, 4) is 0 Å². The molecule has 0 aromatic heterocycles. The molecule has 0 nitrogen and oxygen atoms in total. The van der Waals surface area contributed by atoms with Gasteiger partial charge in [-0.25, -0.2) is 0 Å². The van der Waals surface area contributed by atoms with E-state index in [9.17, 15) is 0 Å². The molecule has 1 aliphatic carbocycles. The van der Waals surface area contributed by atoms with E-state index in [1.165, 1.54) is 12.8 Å². The van der Waals surface area contributed by atoms with Gasteiger partial charge in [-0.2, -0.15) is 0 Å². The van der Waals surface area contributed by atoms with Gasteiger partial charge in [0, 0.05) is 0 Å². The third-order valence-electron chi connectivity index (χ3n) is 4.29. The summed E-state index contributed by atoms with van der Waals surface area (Å²) >= 11 is 0. The SMILES string of the molecule is CC.CC.CC(C)C1Cc2ccccc2CC1C(C)C. The molecule has 0 fully saturated rings. The second-order valence-electron chi connectivity index (χ2n) is 5.99. The molecule has 1 aromatic carbocycles. The Morgan fingerprint density at radius 2 is 1.00 bits per heavy atom. The Balaban J connectivity index is 0.000000829. The lowest BCUT2D eigenvalue weighted by Crippen LogP contribution is -2.32. The van der Waals surface area contributed by atoms with E-state index in [1.807, 2.05) is 27.7 Å². The number of benzene rings is 1. The number of rotatable bonds is 2. The lowest BCUT2D eigenvalue weighted by molar-refractivity contribution is 0.181. The van der Waals surface area contributed by atoms with E-state index in [0.717, 1.165) is 23.7 Å². The van der Waals surface area contributed by atoms with E-state index in [2.05, 4.69) is 52.0 Å². The van der Waals surface area contributed by atoms with Gasteiger partial charge in [0.2, 0.25) is 0 Å². The van der Waals surface area contributed by atoms with Gasteiger partial charge in [0.15, 0.2) is 0 Å². The van der Waals surface area contributed by atoms with Gasteiger partial charge in [-0.3, -0.25) is 0 Å². The van der Waals surface area contributed by atoms with Crippen molar-refractivity contribution in [2.45, 2.75) is 68.2 Å². The zero-order chi connectivity index (χ0) is 15.7. The summed E-state index contributed by atoms with van der Waals surface area (Å²) in [7, 11) is 0. The van der Waals surface area contributed by atoms with Crippen LogP contribution in [0.2, 0.25) is 0 Å². The van der Waals surface area contributed by atoms with Crippen LogP contribution in [-0.4, -0.2) is 0 Å². The zero-order valence-electron chi connectivity index (χ0n) is 15.0. The van der Waals surface area contributed by atoms with Crippen molar-refractivity contribution >= 4 is 0 Å². The standard InChI is InChI=1S/C16H24.2C2H6/c1-11(2)15-9-13-7-5-6-8-14(13)10-16(15)12(3)4;2*1-2/h5-8,11-12,15-16H,9-10H2,1-4H3;2*1-2H3. The lowest BCUT2D eigenvalue weighted by atomic mass is 9.67. The fourth-order valence-corrected chi connectivity index (χ4v) is 3.23. The highest BCUT2D eigenvalue weighted by Gasteiger charge is 2.31. The summed E-state index contributed by atoms with van der Waals surface area (Å²) < 4.78 is 0. The maximum absolute atomic E-state index is 2.38. The van der Waals surface area contributed by atoms with Crippen LogP contribution in [0.25, 0.3) is 0 Å². The zero-order valence-corrected chi connectivity index (χ0v) is 15.0. The smallest absolute Gasteiger partial charge is 0.0242 e. The first kappa shape index (κ1) is 19.2. The van der Waals surface area contributed by atoms with Crippen molar-refractivity contribution in [2.75, 3.05) is 0 Å². The summed E-state index contributed by atoms with van der Waals surface area (Å²) in [5.41, 5.74) is 3.19. The largest absolute Gasteiger partial charge is 0.0683 e. The van der Waals surface area contributed by atoms with Crippen LogP contribution in [0.3, 0.4) is 0 Å². The highest BCUT2D eigenvalue weighted by Crippen LogP contribution is 2.38. The van der Waals surface area contributed by atoms with E-state index in [-0.39, 0.29) is 0 Å². The van der Waals surface area contributed by atoms with Crippen LogP contribution >= 0.6 is 0 Å². The molecular weight excluding hydrogens is 240 g/mol. The highest BCUT2D eigenvalue weighted by atomic mass is 14.4. The van der Waals surface area contributed by atoms with Crippen molar-refractivity contribution in [3.63, 3.8) is 0 Å². The van der Waals surface area contributed by atoms with Crippen LogP contribution in [0.15, 0.2) is 24.3 Å². The topological polar surface area (TPSA) is 0 Å². The second kappa shape index (κ2) is 10.0. The van der Waals surface area contributed by atoms with E-state index >= 15 is 0 Å². The predicted octanol–water partition coefficient (Wildman–Crippen LogP) is 6.38. The van der Waals surface area contributed by atoms with Crippen molar-refractivity contribution < 1.29 is 0 Å². The Bertz CT molecular complexity index is 314. The van der Waals surface area contributed by atoms with E-state index in [0.29, 0.717) is 0 Å². The quantitative estimate of drug-likeness (QED) is 0.587. The molecule has 1 aliphatic rings. The minimum atomic E-state index is 0.806. The third-order valence-corrected chi connectivity index (χ3v) is 4.29. The highest BCUT2D eigenvalue weighted by molar-refractivity contribution is 5.30. The van der Waals surface area contributed by atoms with Crippen molar-refractivity contribution in [1.82, 2.24) is 0 Å². The molecule has 0 saturated heterocycles. The minimum absolute atomic E-state index is 0.806. The van der Waals surface area contributed by atoms with E-state index < -0.39 is 0 Å². The Kier molecular flexibility index (Phi) is 9.63. The first-order valence-corrected chi connectivity index (χ1v) is 8.66. The molecule has 0 aliphatic heterocycles. The van der Waals surface area contributed by atoms with Gasteiger partial charge >= 0.3 is 0 Å². The van der Waals surface area contributed by atoms with Gasteiger partial charge in [0.05, 0.1) is 0 Å². The molecule has 20 heavy (non-hydrogen) atoms. The van der Waals surface area contributed by atoms with Gasteiger partial charge in [0.1, 0.15) is 0 Å². The number of hydrogen-bond donors (Lipinski definition) is 0. The molecule has 0 radical (unpaired) electrons.